The van der Waals surface area contributed by atoms with Gasteiger partial charge >= 0.3 is 0 Å². The summed E-state index contributed by atoms with van der Waals surface area (Å²) in [6, 6.07) is 14.1. The van der Waals surface area contributed by atoms with E-state index in [1.165, 1.54) is 0 Å². The van der Waals surface area contributed by atoms with Crippen LogP contribution in [0.1, 0.15) is 5.56 Å². The number of aromatic amines is 1. The first-order valence-electron chi connectivity index (χ1n) is 8.16. The third-order valence-electron chi connectivity index (χ3n) is 4.64. The number of likely N-dealkylation sites (N-methyl/N-ethyl adjacent to an activating group) is 1. The van der Waals surface area contributed by atoms with Crippen molar-refractivity contribution in [3.05, 3.63) is 48.2 Å². The fraction of sp³-hybridized carbons (Fsp3) is 0.263. The van der Waals surface area contributed by atoms with Crippen LogP contribution in [0.3, 0.4) is 0 Å². The summed E-state index contributed by atoms with van der Waals surface area (Å²) in [5, 5.41) is 10.1. The molecule has 5 nitrogen and oxygen atoms in total. The SMILES string of the molecule is CN1CCN(c2ccc(-c3cc4cc(C#N)ccc4[nH]3)cn2)CC1. The smallest absolute Gasteiger partial charge is 0.128 e. The lowest BCUT2D eigenvalue weighted by atomic mass is 10.1. The van der Waals surface area contributed by atoms with Crippen molar-refractivity contribution in [3.63, 3.8) is 0 Å². The lowest BCUT2D eigenvalue weighted by Gasteiger charge is -2.33. The number of rotatable bonds is 2. The molecule has 1 saturated heterocycles. The Kier molecular flexibility index (Phi) is 3.68. The number of hydrogen-bond acceptors (Lipinski definition) is 4. The van der Waals surface area contributed by atoms with Gasteiger partial charge in [0.25, 0.3) is 0 Å². The van der Waals surface area contributed by atoms with Crippen molar-refractivity contribution >= 4 is 16.7 Å². The van der Waals surface area contributed by atoms with E-state index in [2.05, 4.69) is 51.1 Å². The number of aromatic nitrogens is 2. The molecule has 0 saturated carbocycles. The third-order valence-corrected chi connectivity index (χ3v) is 4.64. The van der Waals surface area contributed by atoms with Gasteiger partial charge in [0.2, 0.25) is 0 Å². The van der Waals surface area contributed by atoms with E-state index in [1.807, 2.05) is 24.4 Å². The maximum atomic E-state index is 9.01. The second-order valence-electron chi connectivity index (χ2n) is 6.29. The van der Waals surface area contributed by atoms with Crippen molar-refractivity contribution in [2.45, 2.75) is 0 Å². The van der Waals surface area contributed by atoms with Crippen LogP contribution in [0, 0.1) is 11.3 Å². The minimum atomic E-state index is 0.677. The zero-order valence-corrected chi connectivity index (χ0v) is 13.7. The monoisotopic (exact) mass is 317 g/mol. The van der Waals surface area contributed by atoms with Gasteiger partial charge < -0.3 is 14.8 Å². The maximum absolute atomic E-state index is 9.01. The van der Waals surface area contributed by atoms with Crippen molar-refractivity contribution in [1.82, 2.24) is 14.9 Å². The Balaban J connectivity index is 1.59. The standard InChI is InChI=1S/C19H19N5/c1-23-6-8-24(9-7-23)19-5-3-15(13-21-19)18-11-16-10-14(12-20)2-4-17(16)22-18/h2-5,10-11,13,22H,6-9H2,1H3. The number of nitrogens with zero attached hydrogens (tertiary/aromatic N) is 4. The van der Waals surface area contributed by atoms with Crippen LogP contribution in [-0.4, -0.2) is 48.1 Å². The number of pyridine rings is 1. The van der Waals surface area contributed by atoms with E-state index in [4.69, 9.17) is 5.26 Å². The molecule has 0 radical (unpaired) electrons. The first kappa shape index (κ1) is 14.7. The van der Waals surface area contributed by atoms with E-state index in [1.54, 1.807) is 0 Å². The summed E-state index contributed by atoms with van der Waals surface area (Å²) in [6.07, 6.45) is 1.92. The first-order valence-corrected chi connectivity index (χ1v) is 8.16. The van der Waals surface area contributed by atoms with Crippen molar-refractivity contribution in [2.24, 2.45) is 0 Å². The normalized spacial score (nSPS) is 15.6. The van der Waals surface area contributed by atoms with E-state index in [0.717, 1.165) is 54.2 Å². The van der Waals surface area contributed by atoms with Crippen molar-refractivity contribution in [3.8, 4) is 17.3 Å². The van der Waals surface area contributed by atoms with E-state index in [0.29, 0.717) is 5.56 Å². The average Bonchev–Trinajstić information content (AvgIpc) is 3.05. The summed E-state index contributed by atoms with van der Waals surface area (Å²) in [4.78, 5) is 12.7. The molecule has 1 aromatic carbocycles. The number of nitrogens with one attached hydrogen (secondary N) is 1. The highest BCUT2D eigenvalue weighted by Crippen LogP contribution is 2.25. The number of piperazine rings is 1. The van der Waals surface area contributed by atoms with Gasteiger partial charge in [0.1, 0.15) is 5.82 Å². The Morgan fingerprint density at radius 1 is 1.08 bits per heavy atom. The predicted octanol–water partition coefficient (Wildman–Crippen LogP) is 2.85. The summed E-state index contributed by atoms with van der Waals surface area (Å²) in [7, 11) is 2.15. The molecular weight excluding hydrogens is 298 g/mol. The van der Waals surface area contributed by atoms with Crippen molar-refractivity contribution < 1.29 is 0 Å². The Labute approximate surface area is 141 Å². The molecule has 1 fully saturated rings. The first-order chi connectivity index (χ1) is 11.7. The van der Waals surface area contributed by atoms with Gasteiger partial charge in [-0.15, -0.1) is 0 Å². The summed E-state index contributed by atoms with van der Waals surface area (Å²) in [5.41, 5.74) is 3.80. The molecule has 5 heteroatoms. The van der Waals surface area contributed by atoms with Gasteiger partial charge in [0.05, 0.1) is 11.6 Å². The van der Waals surface area contributed by atoms with Gasteiger partial charge in [-0.3, -0.25) is 0 Å². The van der Waals surface area contributed by atoms with E-state index < -0.39 is 0 Å². The Hall–Kier alpha value is -2.84. The van der Waals surface area contributed by atoms with Gasteiger partial charge in [0.15, 0.2) is 0 Å². The number of benzene rings is 1. The fourth-order valence-electron chi connectivity index (χ4n) is 3.13. The second kappa shape index (κ2) is 5.99. The molecule has 0 unspecified atom stereocenters. The molecule has 3 aromatic rings. The molecule has 0 spiro atoms. The molecule has 0 aliphatic carbocycles. The van der Waals surface area contributed by atoms with Crippen LogP contribution in [0.2, 0.25) is 0 Å². The Morgan fingerprint density at radius 2 is 1.92 bits per heavy atom. The highest BCUT2D eigenvalue weighted by Gasteiger charge is 2.15. The van der Waals surface area contributed by atoms with Crippen LogP contribution >= 0.6 is 0 Å². The molecule has 0 atom stereocenters. The maximum Gasteiger partial charge on any atom is 0.128 e. The molecule has 3 heterocycles. The number of fused-ring (bicyclic) bond motifs is 1. The number of hydrogen-bond donors (Lipinski definition) is 1. The van der Waals surface area contributed by atoms with Crippen LogP contribution in [-0.2, 0) is 0 Å². The number of nitriles is 1. The van der Waals surface area contributed by atoms with Crippen LogP contribution in [0.25, 0.3) is 22.2 Å². The van der Waals surface area contributed by atoms with Crippen LogP contribution in [0.15, 0.2) is 42.6 Å². The summed E-state index contributed by atoms with van der Waals surface area (Å²) >= 11 is 0. The molecule has 120 valence electrons. The van der Waals surface area contributed by atoms with E-state index in [-0.39, 0.29) is 0 Å². The average molecular weight is 317 g/mol. The van der Waals surface area contributed by atoms with Crippen molar-refractivity contribution in [1.29, 1.82) is 5.26 Å². The highest BCUT2D eigenvalue weighted by molar-refractivity contribution is 5.86. The van der Waals surface area contributed by atoms with Gasteiger partial charge in [-0.1, -0.05) is 0 Å². The molecule has 24 heavy (non-hydrogen) atoms. The summed E-state index contributed by atoms with van der Waals surface area (Å²) in [6.45, 7) is 4.19. The molecule has 1 aliphatic heterocycles. The van der Waals surface area contributed by atoms with E-state index >= 15 is 0 Å². The second-order valence-corrected chi connectivity index (χ2v) is 6.29. The molecule has 1 N–H and O–H groups in total. The molecule has 1 aliphatic rings. The summed E-state index contributed by atoms with van der Waals surface area (Å²) < 4.78 is 0. The van der Waals surface area contributed by atoms with Gasteiger partial charge in [-0.2, -0.15) is 5.26 Å². The van der Waals surface area contributed by atoms with Crippen LogP contribution in [0.4, 0.5) is 5.82 Å². The minimum absolute atomic E-state index is 0.677. The Morgan fingerprint density at radius 3 is 2.62 bits per heavy atom. The zero-order valence-electron chi connectivity index (χ0n) is 13.7. The predicted molar refractivity (Wildman–Crippen MR) is 96.0 cm³/mol. The molecule has 0 amide bonds. The quantitative estimate of drug-likeness (QED) is 0.789. The third kappa shape index (κ3) is 2.72. The number of H-pyrrole nitrogens is 1. The van der Waals surface area contributed by atoms with Crippen LogP contribution in [0.5, 0.6) is 0 Å². The highest BCUT2D eigenvalue weighted by atomic mass is 15.3. The minimum Gasteiger partial charge on any atom is -0.354 e. The summed E-state index contributed by atoms with van der Waals surface area (Å²) in [5.74, 6) is 1.04. The molecule has 0 bridgehead atoms. The van der Waals surface area contributed by atoms with Gasteiger partial charge in [-0.25, -0.2) is 4.98 Å². The van der Waals surface area contributed by atoms with Gasteiger partial charge in [0, 0.05) is 54.5 Å². The van der Waals surface area contributed by atoms with Crippen LogP contribution < -0.4 is 4.90 Å². The Bertz CT molecular complexity index is 896. The van der Waals surface area contributed by atoms with Gasteiger partial charge in [-0.05, 0) is 43.4 Å². The van der Waals surface area contributed by atoms with Crippen molar-refractivity contribution in [2.75, 3.05) is 38.1 Å². The molecule has 2 aromatic heterocycles. The fourth-order valence-corrected chi connectivity index (χ4v) is 3.13. The molecular formula is C19H19N5. The lowest BCUT2D eigenvalue weighted by Crippen LogP contribution is -2.44. The molecule has 4 rings (SSSR count). The zero-order chi connectivity index (χ0) is 16.5. The topological polar surface area (TPSA) is 59.0 Å². The largest absolute Gasteiger partial charge is 0.354 e. The number of anilines is 1. The van der Waals surface area contributed by atoms with E-state index in [9.17, 15) is 0 Å². The lowest BCUT2D eigenvalue weighted by molar-refractivity contribution is 0.312.